The number of para-hydroxylation sites is 3. The van der Waals surface area contributed by atoms with Gasteiger partial charge in [0.25, 0.3) is 0 Å². The average molecular weight is 798 g/mol. The number of rotatable bonds is 7. The number of hydrogen-bond donors (Lipinski definition) is 0. The van der Waals surface area contributed by atoms with Crippen molar-refractivity contribution >= 4 is 67.1 Å². The molecule has 1 atom stereocenters. The zero-order valence-electron chi connectivity index (χ0n) is 33.3. The number of furan rings is 1. The molecule has 2 heterocycles. The Bertz CT molecular complexity index is 3370. The highest BCUT2D eigenvalue weighted by Gasteiger charge is 2.33. The summed E-state index contributed by atoms with van der Waals surface area (Å²) in [6.45, 7) is 0. The normalized spacial score (nSPS) is 14.5. The first-order valence-corrected chi connectivity index (χ1v) is 21.8. The van der Waals surface area contributed by atoms with Gasteiger partial charge in [-0.1, -0.05) is 182 Å². The molecule has 1 aliphatic carbocycles. The van der Waals surface area contributed by atoms with E-state index in [2.05, 4.69) is 211 Å². The molecule has 288 valence electrons. The quantitative estimate of drug-likeness (QED) is 0.160. The largest absolute Gasteiger partial charge is 0.456 e. The first-order valence-electron chi connectivity index (χ1n) is 21.0. The van der Waals surface area contributed by atoms with E-state index in [1.165, 1.54) is 59.5 Å². The number of anilines is 3. The molecule has 61 heavy (non-hydrogen) atoms. The molecule has 0 saturated carbocycles. The second-order valence-electron chi connectivity index (χ2n) is 15.9. The standard InChI is InChI=1S/C58H39NOS/c1-2-15-39(16-3-1)43-23-12-17-40-18-13-24-48(57(40)43)44-19-4-8-27-52(44)59(42-34-31-38(32-35-42)41-33-36-55-51(37-41)46-21-6-10-29-54(46)60-55)53-28-9-5-20-45(53)49-25-14-26-50-47-22-7-11-30-56(47)61-58(49)50/h1-25,27-37,50H,26H2. The third-order valence-corrected chi connectivity index (χ3v) is 13.8. The Balaban J connectivity index is 1.06. The van der Waals surface area contributed by atoms with E-state index < -0.39 is 0 Å². The molecule has 10 aromatic rings. The maximum atomic E-state index is 6.19. The molecule has 2 nitrogen and oxygen atoms in total. The molecule has 3 heteroatoms. The summed E-state index contributed by atoms with van der Waals surface area (Å²) in [6, 6.07) is 75.0. The van der Waals surface area contributed by atoms with Gasteiger partial charge in [0.15, 0.2) is 0 Å². The molecule has 9 aromatic carbocycles. The molecular weight excluding hydrogens is 759 g/mol. The number of thioether (sulfide) groups is 1. The molecule has 2 aliphatic rings. The van der Waals surface area contributed by atoms with Crippen molar-refractivity contribution in [1.29, 1.82) is 0 Å². The van der Waals surface area contributed by atoms with Crippen molar-refractivity contribution in [3.05, 3.63) is 234 Å². The van der Waals surface area contributed by atoms with Gasteiger partial charge >= 0.3 is 0 Å². The van der Waals surface area contributed by atoms with Crippen LogP contribution in [0.4, 0.5) is 17.1 Å². The molecule has 0 radical (unpaired) electrons. The number of allylic oxidation sites excluding steroid dienone is 4. The predicted octanol–water partition coefficient (Wildman–Crippen LogP) is 16.8. The lowest BCUT2D eigenvalue weighted by molar-refractivity contribution is 0.669. The molecular formula is C58H39NOS. The molecule has 0 spiro atoms. The Morgan fingerprint density at radius 2 is 1.13 bits per heavy atom. The van der Waals surface area contributed by atoms with Crippen molar-refractivity contribution in [1.82, 2.24) is 0 Å². The van der Waals surface area contributed by atoms with Crippen LogP contribution in [-0.2, 0) is 0 Å². The third-order valence-electron chi connectivity index (χ3n) is 12.4. The monoisotopic (exact) mass is 797 g/mol. The Labute approximate surface area is 359 Å². The Hall–Kier alpha value is -7.33. The summed E-state index contributed by atoms with van der Waals surface area (Å²) < 4.78 is 6.19. The average Bonchev–Trinajstić information content (AvgIpc) is 3.91. The van der Waals surface area contributed by atoms with Crippen molar-refractivity contribution in [2.45, 2.75) is 17.2 Å². The highest BCUT2D eigenvalue weighted by atomic mass is 32.2. The highest BCUT2D eigenvalue weighted by molar-refractivity contribution is 8.03. The van der Waals surface area contributed by atoms with E-state index >= 15 is 0 Å². The van der Waals surface area contributed by atoms with Gasteiger partial charge < -0.3 is 9.32 Å². The number of benzene rings is 9. The molecule has 1 aliphatic heterocycles. The topological polar surface area (TPSA) is 16.4 Å². The first-order chi connectivity index (χ1) is 30.3. The lowest BCUT2D eigenvalue weighted by Gasteiger charge is -2.31. The Morgan fingerprint density at radius 3 is 1.98 bits per heavy atom. The van der Waals surface area contributed by atoms with Crippen LogP contribution in [0.25, 0.3) is 71.7 Å². The van der Waals surface area contributed by atoms with Crippen LogP contribution in [0, 0.1) is 0 Å². The van der Waals surface area contributed by atoms with E-state index in [-0.39, 0.29) is 0 Å². The minimum absolute atomic E-state index is 0.367. The molecule has 0 N–H and O–H groups in total. The molecule has 1 unspecified atom stereocenters. The molecule has 12 rings (SSSR count). The van der Waals surface area contributed by atoms with Gasteiger partial charge in [0.2, 0.25) is 0 Å². The first kappa shape index (κ1) is 35.6. The van der Waals surface area contributed by atoms with Crippen LogP contribution in [0.1, 0.15) is 23.5 Å². The second-order valence-corrected chi connectivity index (χ2v) is 17.0. The third kappa shape index (κ3) is 6.04. The van der Waals surface area contributed by atoms with E-state index in [9.17, 15) is 0 Å². The van der Waals surface area contributed by atoms with Gasteiger partial charge in [0.1, 0.15) is 11.2 Å². The summed E-state index contributed by atoms with van der Waals surface area (Å²) in [5.41, 5.74) is 16.2. The maximum absolute atomic E-state index is 6.19. The zero-order valence-corrected chi connectivity index (χ0v) is 34.1. The SMILES string of the molecule is C1=CC(c2ccccc2N(c2ccc(-c3ccc4oc5ccccc5c4c3)cc2)c2ccccc2-c2cccc3cccc(-c4ccccc4)c23)=C2Sc3ccccc3C2C1. The van der Waals surface area contributed by atoms with Gasteiger partial charge in [-0.05, 0) is 105 Å². The summed E-state index contributed by atoms with van der Waals surface area (Å²) in [4.78, 5) is 5.29. The van der Waals surface area contributed by atoms with Crippen LogP contribution in [0.2, 0.25) is 0 Å². The highest BCUT2D eigenvalue weighted by Crippen LogP contribution is 2.56. The van der Waals surface area contributed by atoms with Crippen LogP contribution in [0.3, 0.4) is 0 Å². The molecule has 0 fully saturated rings. The summed E-state index contributed by atoms with van der Waals surface area (Å²) in [5.74, 6) is 0.367. The van der Waals surface area contributed by atoms with Crippen molar-refractivity contribution in [2.75, 3.05) is 4.90 Å². The number of nitrogens with zero attached hydrogens (tertiary/aromatic N) is 1. The minimum atomic E-state index is 0.367. The number of fused-ring (bicyclic) bond motifs is 7. The molecule has 0 saturated heterocycles. The summed E-state index contributed by atoms with van der Waals surface area (Å²) >= 11 is 1.94. The lowest BCUT2D eigenvalue weighted by Crippen LogP contribution is -2.14. The molecule has 0 bridgehead atoms. The van der Waals surface area contributed by atoms with E-state index in [1.807, 2.05) is 23.9 Å². The van der Waals surface area contributed by atoms with Gasteiger partial charge in [0, 0.05) is 43.3 Å². The fraction of sp³-hybridized carbons (Fsp3) is 0.0345. The Morgan fingerprint density at radius 1 is 0.475 bits per heavy atom. The lowest BCUT2D eigenvalue weighted by atomic mass is 9.86. The van der Waals surface area contributed by atoms with Gasteiger partial charge in [0.05, 0.1) is 11.4 Å². The van der Waals surface area contributed by atoms with Crippen LogP contribution in [0.15, 0.2) is 233 Å². The Kier molecular flexibility index (Phi) is 8.60. The van der Waals surface area contributed by atoms with Crippen molar-refractivity contribution in [2.24, 2.45) is 0 Å². The maximum Gasteiger partial charge on any atom is 0.135 e. The van der Waals surface area contributed by atoms with E-state index in [0.29, 0.717) is 5.92 Å². The summed E-state index contributed by atoms with van der Waals surface area (Å²) in [7, 11) is 0. The number of hydrogen-bond acceptors (Lipinski definition) is 3. The van der Waals surface area contributed by atoms with E-state index in [0.717, 1.165) is 56.5 Å². The van der Waals surface area contributed by atoms with Crippen LogP contribution >= 0.6 is 11.8 Å². The van der Waals surface area contributed by atoms with Crippen LogP contribution in [-0.4, -0.2) is 0 Å². The second kappa shape index (κ2) is 14.7. The predicted molar refractivity (Wildman–Crippen MR) is 258 cm³/mol. The van der Waals surface area contributed by atoms with Crippen molar-refractivity contribution < 1.29 is 4.42 Å². The fourth-order valence-corrected chi connectivity index (χ4v) is 11.0. The summed E-state index contributed by atoms with van der Waals surface area (Å²) in [5, 5.41) is 4.73. The molecule has 1 aromatic heterocycles. The minimum Gasteiger partial charge on any atom is -0.456 e. The zero-order chi connectivity index (χ0) is 40.3. The van der Waals surface area contributed by atoms with Crippen molar-refractivity contribution in [3.63, 3.8) is 0 Å². The van der Waals surface area contributed by atoms with Gasteiger partial charge in [-0.2, -0.15) is 0 Å². The molecule has 0 amide bonds. The van der Waals surface area contributed by atoms with E-state index in [4.69, 9.17) is 4.42 Å². The fourth-order valence-electron chi connectivity index (χ4n) is 9.63. The van der Waals surface area contributed by atoms with Crippen molar-refractivity contribution in [3.8, 4) is 33.4 Å². The van der Waals surface area contributed by atoms with Crippen LogP contribution in [0.5, 0.6) is 0 Å². The van der Waals surface area contributed by atoms with Gasteiger partial charge in [-0.25, -0.2) is 0 Å². The van der Waals surface area contributed by atoms with Gasteiger partial charge in [-0.3, -0.25) is 0 Å². The van der Waals surface area contributed by atoms with E-state index in [1.54, 1.807) is 0 Å². The van der Waals surface area contributed by atoms with Crippen LogP contribution < -0.4 is 4.90 Å². The summed E-state index contributed by atoms with van der Waals surface area (Å²) in [6.07, 6.45) is 5.75. The van der Waals surface area contributed by atoms with Gasteiger partial charge in [-0.15, -0.1) is 0 Å². The smallest absolute Gasteiger partial charge is 0.135 e.